The molecule has 1 aromatic rings. The largest absolute Gasteiger partial charge is 0.480 e. The van der Waals surface area contributed by atoms with E-state index in [9.17, 15) is 9.59 Å². The Balaban J connectivity index is 0.00000220. The van der Waals surface area contributed by atoms with Crippen molar-refractivity contribution in [3.63, 3.8) is 0 Å². The number of nitrogens with one attached hydrogen (secondary N) is 2. The number of hydrogen-bond acceptors (Lipinski definition) is 4. The number of carbonyl (C=O) groups excluding carboxylic acids is 1. The molecule has 0 radical (unpaired) electrons. The summed E-state index contributed by atoms with van der Waals surface area (Å²) in [5, 5.41) is 14.5. The lowest BCUT2D eigenvalue weighted by molar-refractivity contribution is -0.140. The van der Waals surface area contributed by atoms with Gasteiger partial charge in [-0.3, -0.25) is 4.79 Å². The summed E-state index contributed by atoms with van der Waals surface area (Å²) in [5.41, 5.74) is 0.913. The zero-order chi connectivity index (χ0) is 14.4. The molecule has 1 amide bonds. The highest BCUT2D eigenvalue weighted by Crippen LogP contribution is 2.09. The topological polar surface area (TPSA) is 87.7 Å². The van der Waals surface area contributed by atoms with E-state index in [4.69, 9.17) is 9.84 Å². The van der Waals surface area contributed by atoms with Gasteiger partial charge in [0.2, 0.25) is 0 Å². The first-order valence-electron chi connectivity index (χ1n) is 6.58. The molecule has 2 rings (SSSR count). The third-order valence-corrected chi connectivity index (χ3v) is 3.24. The van der Waals surface area contributed by atoms with Gasteiger partial charge in [-0.1, -0.05) is 30.3 Å². The maximum atomic E-state index is 11.7. The average Bonchev–Trinajstić information content (AvgIpc) is 2.46. The van der Waals surface area contributed by atoms with Crippen molar-refractivity contribution >= 4 is 24.5 Å². The number of carboxylic acid groups (broad SMARTS) is 1. The molecule has 0 aliphatic carbocycles. The minimum atomic E-state index is -0.894. The zero-order valence-electron chi connectivity index (χ0n) is 11.5. The Morgan fingerprint density at radius 3 is 2.71 bits per heavy atom. The minimum absolute atomic E-state index is 0. The summed E-state index contributed by atoms with van der Waals surface area (Å²) < 4.78 is 5.11. The fraction of sp³-hybridized carbons (Fsp3) is 0.429. The lowest BCUT2D eigenvalue weighted by Gasteiger charge is -2.28. The quantitative estimate of drug-likeness (QED) is 0.784. The predicted octanol–water partition coefficient (Wildman–Crippen LogP) is 1.54. The van der Waals surface area contributed by atoms with Gasteiger partial charge in [0.15, 0.2) is 0 Å². The molecule has 2 atom stereocenters. The molecule has 1 saturated heterocycles. The predicted molar refractivity (Wildman–Crippen MR) is 79.5 cm³/mol. The lowest BCUT2D eigenvalue weighted by atomic mass is 10.00. The minimum Gasteiger partial charge on any atom is -0.480 e. The molecule has 21 heavy (non-hydrogen) atoms. The van der Waals surface area contributed by atoms with Crippen molar-refractivity contribution in [1.29, 1.82) is 0 Å². The highest BCUT2D eigenvalue weighted by atomic mass is 35.5. The SMILES string of the molecule is Cl.O=C(N[C@@H]1CCN[C@@H](C(=O)O)C1)OCc1ccccc1. The summed E-state index contributed by atoms with van der Waals surface area (Å²) in [5.74, 6) is -0.894. The normalized spacial score (nSPS) is 21.0. The van der Waals surface area contributed by atoms with Crippen LogP contribution in [0.25, 0.3) is 0 Å². The summed E-state index contributed by atoms with van der Waals surface area (Å²) in [6.45, 7) is 0.778. The molecule has 116 valence electrons. The van der Waals surface area contributed by atoms with Gasteiger partial charge in [-0.25, -0.2) is 4.79 Å². The Labute approximate surface area is 129 Å². The molecule has 1 aliphatic heterocycles. The molecular weight excluding hydrogens is 296 g/mol. The summed E-state index contributed by atoms with van der Waals surface area (Å²) in [6.07, 6.45) is 0.560. The Bertz CT molecular complexity index is 469. The maximum absolute atomic E-state index is 11.7. The zero-order valence-corrected chi connectivity index (χ0v) is 12.3. The van der Waals surface area contributed by atoms with E-state index in [1.54, 1.807) is 0 Å². The fourth-order valence-corrected chi connectivity index (χ4v) is 2.17. The smallest absolute Gasteiger partial charge is 0.407 e. The molecule has 3 N–H and O–H groups in total. The number of rotatable bonds is 4. The first kappa shape index (κ1) is 17.3. The first-order valence-corrected chi connectivity index (χ1v) is 6.58. The molecule has 0 bridgehead atoms. The highest BCUT2D eigenvalue weighted by Gasteiger charge is 2.27. The summed E-state index contributed by atoms with van der Waals surface area (Å²) in [6, 6.07) is 8.62. The summed E-state index contributed by atoms with van der Waals surface area (Å²) in [7, 11) is 0. The third-order valence-electron chi connectivity index (χ3n) is 3.24. The molecule has 0 saturated carbocycles. The number of piperidine rings is 1. The van der Waals surface area contributed by atoms with Crippen LogP contribution in [0.5, 0.6) is 0 Å². The van der Waals surface area contributed by atoms with E-state index < -0.39 is 18.1 Å². The highest BCUT2D eigenvalue weighted by molar-refractivity contribution is 5.85. The number of aliphatic carboxylic acids is 1. The van der Waals surface area contributed by atoms with Crippen LogP contribution in [0.2, 0.25) is 0 Å². The van der Waals surface area contributed by atoms with Gasteiger partial charge >= 0.3 is 12.1 Å². The van der Waals surface area contributed by atoms with Crippen LogP contribution >= 0.6 is 12.4 Å². The molecule has 0 unspecified atom stereocenters. The van der Waals surface area contributed by atoms with Gasteiger partial charge in [-0.15, -0.1) is 12.4 Å². The van der Waals surface area contributed by atoms with Crippen molar-refractivity contribution in [2.75, 3.05) is 6.54 Å². The summed E-state index contributed by atoms with van der Waals surface area (Å²) >= 11 is 0. The van der Waals surface area contributed by atoms with E-state index in [0.717, 1.165) is 5.56 Å². The lowest BCUT2D eigenvalue weighted by Crippen LogP contribution is -2.50. The number of benzene rings is 1. The van der Waals surface area contributed by atoms with Crippen LogP contribution in [-0.4, -0.2) is 35.8 Å². The van der Waals surface area contributed by atoms with Gasteiger partial charge in [0.05, 0.1) is 0 Å². The molecular formula is C14H19ClN2O4. The van der Waals surface area contributed by atoms with E-state index >= 15 is 0 Å². The second-order valence-electron chi connectivity index (χ2n) is 4.77. The van der Waals surface area contributed by atoms with E-state index in [-0.39, 0.29) is 25.1 Å². The van der Waals surface area contributed by atoms with Crippen molar-refractivity contribution < 1.29 is 19.4 Å². The van der Waals surface area contributed by atoms with Gasteiger partial charge in [-0.05, 0) is 24.9 Å². The number of carboxylic acids is 1. The number of alkyl carbamates (subject to hydrolysis) is 1. The molecule has 1 heterocycles. The second kappa shape index (κ2) is 8.49. The second-order valence-corrected chi connectivity index (χ2v) is 4.77. The van der Waals surface area contributed by atoms with E-state index in [2.05, 4.69) is 10.6 Å². The fourth-order valence-electron chi connectivity index (χ4n) is 2.17. The monoisotopic (exact) mass is 314 g/mol. The maximum Gasteiger partial charge on any atom is 0.407 e. The van der Waals surface area contributed by atoms with E-state index in [1.165, 1.54) is 0 Å². The van der Waals surface area contributed by atoms with Crippen molar-refractivity contribution in [3.05, 3.63) is 35.9 Å². The Kier molecular flexibility index (Phi) is 6.98. The molecule has 0 aromatic heterocycles. The van der Waals surface area contributed by atoms with Gasteiger partial charge in [0, 0.05) is 6.04 Å². The Morgan fingerprint density at radius 2 is 2.05 bits per heavy atom. The number of amides is 1. The number of ether oxygens (including phenoxy) is 1. The molecule has 0 spiro atoms. The van der Waals surface area contributed by atoms with Gasteiger partial charge < -0.3 is 20.5 Å². The van der Waals surface area contributed by atoms with Crippen molar-refractivity contribution in [2.24, 2.45) is 0 Å². The van der Waals surface area contributed by atoms with Gasteiger partial charge in [0.1, 0.15) is 12.6 Å². The molecule has 1 aromatic carbocycles. The Morgan fingerprint density at radius 1 is 1.33 bits per heavy atom. The van der Waals surface area contributed by atoms with Gasteiger partial charge in [0.25, 0.3) is 0 Å². The molecule has 6 nitrogen and oxygen atoms in total. The van der Waals surface area contributed by atoms with Crippen LogP contribution in [0.3, 0.4) is 0 Å². The average molecular weight is 315 g/mol. The van der Waals surface area contributed by atoms with E-state index in [0.29, 0.717) is 19.4 Å². The number of halogens is 1. The molecule has 1 fully saturated rings. The molecule has 1 aliphatic rings. The van der Waals surface area contributed by atoms with Crippen LogP contribution < -0.4 is 10.6 Å². The van der Waals surface area contributed by atoms with Gasteiger partial charge in [-0.2, -0.15) is 0 Å². The van der Waals surface area contributed by atoms with Crippen LogP contribution in [0.15, 0.2) is 30.3 Å². The summed E-state index contributed by atoms with van der Waals surface area (Å²) in [4.78, 5) is 22.5. The number of hydrogen-bond donors (Lipinski definition) is 3. The molecule has 7 heteroatoms. The van der Waals surface area contributed by atoms with Crippen molar-refractivity contribution in [1.82, 2.24) is 10.6 Å². The van der Waals surface area contributed by atoms with Crippen molar-refractivity contribution in [3.8, 4) is 0 Å². The first-order chi connectivity index (χ1) is 9.65. The van der Waals surface area contributed by atoms with Crippen LogP contribution in [0, 0.1) is 0 Å². The number of carbonyl (C=O) groups is 2. The van der Waals surface area contributed by atoms with Crippen LogP contribution in [0.4, 0.5) is 4.79 Å². The standard InChI is InChI=1S/C14H18N2O4.ClH/c17-13(18)12-8-11(6-7-15-12)16-14(19)20-9-10-4-2-1-3-5-10;/h1-5,11-12,15H,6-9H2,(H,16,19)(H,17,18);1H/t11-,12-;/m1./s1. The Hall–Kier alpha value is -1.79. The van der Waals surface area contributed by atoms with Crippen molar-refractivity contribution in [2.45, 2.75) is 31.5 Å². The van der Waals surface area contributed by atoms with Crippen LogP contribution in [-0.2, 0) is 16.1 Å². The van der Waals surface area contributed by atoms with Crippen LogP contribution in [0.1, 0.15) is 18.4 Å². The third kappa shape index (κ3) is 5.61. The van der Waals surface area contributed by atoms with E-state index in [1.807, 2.05) is 30.3 Å².